The molecule has 6 unspecified atom stereocenters. The molecule has 7 rings (SSSR count). The minimum absolute atomic E-state index is 0.410. The standard InChI is InChI=1S/C20H14O7/c21-12-7-8-13(22)19-18(12,27-19)16(23)15-17(24-15)20(19)25-10-5-1-3-9-4-2-6-11(26-20)14(9)10/h1-8,12,15-17,21,23H. The van der Waals surface area contributed by atoms with E-state index < -0.39 is 47.2 Å². The number of benzene rings is 2. The molecule has 5 aliphatic rings. The predicted molar refractivity (Wildman–Crippen MR) is 89.3 cm³/mol. The highest BCUT2D eigenvalue weighted by Gasteiger charge is 2.99. The van der Waals surface area contributed by atoms with Crippen LogP contribution in [0.1, 0.15) is 0 Å². The van der Waals surface area contributed by atoms with Crippen LogP contribution in [0.15, 0.2) is 48.6 Å². The van der Waals surface area contributed by atoms with Crippen molar-refractivity contribution in [3.05, 3.63) is 48.6 Å². The van der Waals surface area contributed by atoms with Crippen LogP contribution in [-0.2, 0) is 14.3 Å². The highest BCUT2D eigenvalue weighted by molar-refractivity contribution is 6.05. The number of fused-ring (bicyclic) bond motifs is 2. The molecule has 2 aromatic rings. The second-order valence-electron chi connectivity index (χ2n) is 7.69. The third kappa shape index (κ3) is 1.28. The number of hydrogen-bond acceptors (Lipinski definition) is 7. The number of carbonyl (C=O) groups is 1. The number of aliphatic hydroxyl groups is 2. The predicted octanol–water partition coefficient (Wildman–Crippen LogP) is 0.457. The van der Waals surface area contributed by atoms with Crippen LogP contribution in [0.4, 0.5) is 0 Å². The summed E-state index contributed by atoms with van der Waals surface area (Å²) in [4.78, 5) is 13.0. The molecular weight excluding hydrogens is 352 g/mol. The number of carbonyl (C=O) groups excluding carboxylic acids is 1. The molecule has 7 nitrogen and oxygen atoms in total. The average Bonchev–Trinajstić information content (AvgIpc) is 3.57. The Morgan fingerprint density at radius 3 is 2.41 bits per heavy atom. The number of epoxide rings is 2. The smallest absolute Gasteiger partial charge is 0.320 e. The summed E-state index contributed by atoms with van der Waals surface area (Å²) in [5.74, 6) is -0.916. The maximum Gasteiger partial charge on any atom is 0.320 e. The fourth-order valence-electron chi connectivity index (χ4n) is 5.30. The van der Waals surface area contributed by atoms with E-state index in [1.165, 1.54) is 12.2 Å². The molecule has 2 aliphatic carbocycles. The Labute approximate surface area is 152 Å². The number of hydrogen-bond donors (Lipinski definition) is 2. The monoisotopic (exact) mass is 366 g/mol. The maximum atomic E-state index is 13.0. The molecule has 0 aromatic heterocycles. The zero-order chi connectivity index (χ0) is 18.2. The van der Waals surface area contributed by atoms with Crippen LogP contribution in [0, 0.1) is 0 Å². The van der Waals surface area contributed by atoms with Crippen LogP contribution >= 0.6 is 0 Å². The fourth-order valence-corrected chi connectivity index (χ4v) is 5.30. The van der Waals surface area contributed by atoms with Gasteiger partial charge in [0.15, 0.2) is 17.5 Å². The van der Waals surface area contributed by atoms with Gasteiger partial charge in [0.1, 0.15) is 29.8 Å². The number of aliphatic hydroxyl groups excluding tert-OH is 2. The average molecular weight is 366 g/mol. The largest absolute Gasteiger partial charge is 0.446 e. The van der Waals surface area contributed by atoms with E-state index in [2.05, 4.69) is 0 Å². The Balaban J connectivity index is 1.50. The van der Waals surface area contributed by atoms with Crippen LogP contribution in [0.5, 0.6) is 11.5 Å². The Hall–Kier alpha value is -2.45. The van der Waals surface area contributed by atoms with Crippen molar-refractivity contribution in [2.75, 3.05) is 0 Å². The first-order valence-corrected chi connectivity index (χ1v) is 8.89. The van der Waals surface area contributed by atoms with Gasteiger partial charge in [-0.3, -0.25) is 4.79 Å². The van der Waals surface area contributed by atoms with E-state index in [0.717, 1.165) is 10.8 Å². The maximum absolute atomic E-state index is 13.0. The first kappa shape index (κ1) is 14.6. The number of ketones is 1. The molecule has 0 radical (unpaired) electrons. The van der Waals surface area contributed by atoms with E-state index in [-0.39, 0.29) is 0 Å². The van der Waals surface area contributed by atoms with Gasteiger partial charge in [-0.1, -0.05) is 24.3 Å². The first-order valence-electron chi connectivity index (χ1n) is 8.89. The summed E-state index contributed by atoms with van der Waals surface area (Å²) in [5, 5.41) is 23.1. The topological polar surface area (TPSA) is 101 Å². The molecule has 3 heterocycles. The lowest BCUT2D eigenvalue weighted by atomic mass is 9.66. The third-order valence-corrected chi connectivity index (χ3v) is 6.54. The number of ether oxygens (including phenoxy) is 4. The van der Waals surface area contributed by atoms with Crippen molar-refractivity contribution in [3.63, 3.8) is 0 Å². The third-order valence-electron chi connectivity index (χ3n) is 6.54. The summed E-state index contributed by atoms with van der Waals surface area (Å²) in [6.45, 7) is 0. The second-order valence-corrected chi connectivity index (χ2v) is 7.69. The van der Waals surface area contributed by atoms with Crippen LogP contribution in [0.3, 0.4) is 0 Å². The summed E-state index contributed by atoms with van der Waals surface area (Å²) >= 11 is 0. The molecule has 2 saturated heterocycles. The molecule has 1 saturated carbocycles. The minimum Gasteiger partial charge on any atom is -0.446 e. The summed E-state index contributed by atoms with van der Waals surface area (Å²) < 4.78 is 24.2. The van der Waals surface area contributed by atoms with Crippen molar-refractivity contribution in [3.8, 4) is 11.5 Å². The van der Waals surface area contributed by atoms with Crippen molar-refractivity contribution in [2.45, 2.75) is 41.4 Å². The van der Waals surface area contributed by atoms with Gasteiger partial charge >= 0.3 is 5.79 Å². The van der Waals surface area contributed by atoms with E-state index in [1.54, 1.807) is 12.1 Å². The molecule has 1 spiro atoms. The van der Waals surface area contributed by atoms with Gasteiger partial charge in [0, 0.05) is 0 Å². The van der Waals surface area contributed by atoms with Gasteiger partial charge in [-0.05, 0) is 29.7 Å². The molecule has 27 heavy (non-hydrogen) atoms. The van der Waals surface area contributed by atoms with Crippen molar-refractivity contribution in [1.29, 1.82) is 0 Å². The molecule has 136 valence electrons. The van der Waals surface area contributed by atoms with Crippen molar-refractivity contribution < 1.29 is 34.0 Å². The second kappa shape index (κ2) is 4.02. The minimum atomic E-state index is -1.67. The summed E-state index contributed by atoms with van der Waals surface area (Å²) in [6.07, 6.45) is -1.05. The van der Waals surface area contributed by atoms with Gasteiger partial charge in [0.25, 0.3) is 0 Å². The molecule has 0 amide bonds. The van der Waals surface area contributed by atoms with Crippen LogP contribution in [-0.4, -0.2) is 57.4 Å². The summed E-state index contributed by atoms with van der Waals surface area (Å²) in [6, 6.07) is 11.2. The Kier molecular flexibility index (Phi) is 2.17. The SMILES string of the molecule is O=C1C=CC(O)C23OC12C1(Oc2cccc4cccc(c24)O1)C1OC1C3O. The van der Waals surface area contributed by atoms with Gasteiger partial charge < -0.3 is 29.2 Å². The lowest BCUT2D eigenvalue weighted by molar-refractivity contribution is -0.191. The Bertz CT molecular complexity index is 1050. The molecule has 3 aliphatic heterocycles. The van der Waals surface area contributed by atoms with Gasteiger partial charge in [-0.25, -0.2) is 0 Å². The van der Waals surface area contributed by atoms with E-state index in [9.17, 15) is 15.0 Å². The zero-order valence-corrected chi connectivity index (χ0v) is 13.9. The molecule has 6 atom stereocenters. The van der Waals surface area contributed by atoms with E-state index in [0.29, 0.717) is 11.5 Å². The molecule has 2 aromatic carbocycles. The molecule has 7 heteroatoms. The molecule has 0 bridgehead atoms. The Morgan fingerprint density at radius 2 is 1.70 bits per heavy atom. The first-order chi connectivity index (χ1) is 13.1. The van der Waals surface area contributed by atoms with E-state index in [1.807, 2.05) is 24.3 Å². The van der Waals surface area contributed by atoms with Crippen molar-refractivity contribution in [1.82, 2.24) is 0 Å². The van der Waals surface area contributed by atoms with Crippen LogP contribution < -0.4 is 9.47 Å². The van der Waals surface area contributed by atoms with Crippen LogP contribution in [0.25, 0.3) is 10.8 Å². The van der Waals surface area contributed by atoms with E-state index >= 15 is 0 Å². The lowest BCUT2D eigenvalue weighted by Crippen LogP contribution is -2.73. The van der Waals surface area contributed by atoms with Crippen molar-refractivity contribution >= 4 is 16.6 Å². The highest BCUT2D eigenvalue weighted by Crippen LogP contribution is 2.71. The molecule has 3 fully saturated rings. The molecular formula is C20H14O7. The van der Waals surface area contributed by atoms with E-state index in [4.69, 9.17) is 18.9 Å². The van der Waals surface area contributed by atoms with Crippen LogP contribution in [0.2, 0.25) is 0 Å². The number of rotatable bonds is 0. The quantitative estimate of drug-likeness (QED) is 0.653. The normalized spacial score (nSPS) is 44.0. The summed E-state index contributed by atoms with van der Waals surface area (Å²) in [5.41, 5.74) is -3.20. The fraction of sp³-hybridized carbons (Fsp3) is 0.350. The Morgan fingerprint density at radius 1 is 1.00 bits per heavy atom. The lowest BCUT2D eigenvalue weighted by Gasteiger charge is -2.45. The van der Waals surface area contributed by atoms with Gasteiger partial charge in [0.2, 0.25) is 5.60 Å². The van der Waals surface area contributed by atoms with Gasteiger partial charge in [0.05, 0.1) is 5.39 Å². The highest BCUT2D eigenvalue weighted by atomic mass is 16.8. The van der Waals surface area contributed by atoms with Gasteiger partial charge in [-0.15, -0.1) is 0 Å². The molecule has 2 N–H and O–H groups in total. The van der Waals surface area contributed by atoms with Gasteiger partial charge in [-0.2, -0.15) is 0 Å². The summed E-state index contributed by atoms with van der Waals surface area (Å²) in [7, 11) is 0. The zero-order valence-electron chi connectivity index (χ0n) is 13.9. The van der Waals surface area contributed by atoms with Crippen molar-refractivity contribution in [2.24, 2.45) is 0 Å².